The third kappa shape index (κ3) is 2.92. The Kier molecular flexibility index (Phi) is 4.03. The lowest BCUT2D eigenvalue weighted by Crippen LogP contribution is -2.01. The van der Waals surface area contributed by atoms with Crippen molar-refractivity contribution in [2.45, 2.75) is 0 Å². The van der Waals surface area contributed by atoms with Crippen LogP contribution >= 0.6 is 15.9 Å². The summed E-state index contributed by atoms with van der Waals surface area (Å²) in [5.41, 5.74) is -1.09. The Bertz CT molecular complexity index is 703. The molecule has 0 heterocycles. The number of aromatic hydroxyl groups is 1. The van der Waals surface area contributed by atoms with Crippen LogP contribution in [0.1, 0.15) is 0 Å². The number of nitro benzene ring substituents is 2. The maximum atomic E-state index is 11.0. The first-order valence-electron chi connectivity index (χ1n) is 5.58. The monoisotopic (exact) mass is 353 g/mol. The van der Waals surface area contributed by atoms with Gasteiger partial charge in [0.25, 0.3) is 11.4 Å². The molecule has 0 amide bonds. The Labute approximate surface area is 126 Å². The van der Waals surface area contributed by atoms with Crippen LogP contribution in [-0.2, 0) is 0 Å². The quantitative estimate of drug-likeness (QED) is 0.491. The van der Waals surface area contributed by atoms with Crippen LogP contribution in [0.2, 0.25) is 0 Å². The topological polar surface area (TPSA) is 119 Å². The highest BCUT2D eigenvalue weighted by Crippen LogP contribution is 2.40. The number of anilines is 2. The minimum Gasteiger partial charge on any atom is -0.505 e. The van der Waals surface area contributed by atoms with Crippen molar-refractivity contribution in [3.63, 3.8) is 0 Å². The molecule has 2 aromatic carbocycles. The molecule has 8 nitrogen and oxygen atoms in total. The average Bonchev–Trinajstić information content (AvgIpc) is 2.43. The van der Waals surface area contributed by atoms with E-state index in [4.69, 9.17) is 0 Å². The molecule has 0 saturated heterocycles. The SMILES string of the molecule is O=[N+]([O-])c1cccc([N+](=O)[O-])c1Nc1cccc(Br)c1O. The van der Waals surface area contributed by atoms with E-state index in [1.165, 1.54) is 12.1 Å². The third-order valence-corrected chi connectivity index (χ3v) is 3.30. The summed E-state index contributed by atoms with van der Waals surface area (Å²) in [5.74, 6) is -0.204. The van der Waals surface area contributed by atoms with Crippen molar-refractivity contribution in [3.8, 4) is 5.75 Å². The number of phenols is 1. The maximum Gasteiger partial charge on any atom is 0.299 e. The number of para-hydroxylation sites is 2. The number of nitro groups is 2. The molecule has 0 atom stereocenters. The molecule has 2 aromatic rings. The van der Waals surface area contributed by atoms with Crippen LogP contribution in [0.4, 0.5) is 22.7 Å². The molecule has 9 heteroatoms. The fourth-order valence-electron chi connectivity index (χ4n) is 1.71. The summed E-state index contributed by atoms with van der Waals surface area (Å²) in [6.07, 6.45) is 0. The molecule has 108 valence electrons. The second-order valence-electron chi connectivity index (χ2n) is 3.95. The highest BCUT2D eigenvalue weighted by atomic mass is 79.9. The molecule has 0 saturated carbocycles. The van der Waals surface area contributed by atoms with E-state index in [1.807, 2.05) is 0 Å². The van der Waals surface area contributed by atoms with Crippen LogP contribution in [0.15, 0.2) is 40.9 Å². The molecule has 0 unspecified atom stereocenters. The van der Waals surface area contributed by atoms with Gasteiger partial charge in [0.2, 0.25) is 0 Å². The molecule has 0 aliphatic carbocycles. The van der Waals surface area contributed by atoms with E-state index in [0.29, 0.717) is 4.47 Å². The first-order valence-corrected chi connectivity index (χ1v) is 6.37. The Morgan fingerprint density at radius 3 is 2.05 bits per heavy atom. The number of rotatable bonds is 4. The summed E-state index contributed by atoms with van der Waals surface area (Å²) < 4.78 is 0.355. The lowest BCUT2D eigenvalue weighted by atomic mass is 10.2. The second kappa shape index (κ2) is 5.75. The Morgan fingerprint density at radius 2 is 1.52 bits per heavy atom. The standard InChI is InChI=1S/C12H8BrN3O5/c13-7-3-1-4-8(12(7)17)14-11-9(15(18)19)5-2-6-10(11)16(20)21/h1-6,14,17H. The molecular weight excluding hydrogens is 346 g/mol. The van der Waals surface area contributed by atoms with Gasteiger partial charge < -0.3 is 10.4 Å². The average molecular weight is 354 g/mol. The number of hydrogen-bond donors (Lipinski definition) is 2. The molecule has 0 aliphatic heterocycles. The molecule has 0 fully saturated rings. The lowest BCUT2D eigenvalue weighted by Gasteiger charge is -2.10. The zero-order valence-corrected chi connectivity index (χ0v) is 11.9. The van der Waals surface area contributed by atoms with Gasteiger partial charge >= 0.3 is 0 Å². The summed E-state index contributed by atoms with van der Waals surface area (Å²) in [5, 5.41) is 34.4. The van der Waals surface area contributed by atoms with Crippen molar-refractivity contribution in [2.75, 3.05) is 5.32 Å². The fourth-order valence-corrected chi connectivity index (χ4v) is 2.08. The van der Waals surface area contributed by atoms with E-state index in [0.717, 1.165) is 12.1 Å². The van der Waals surface area contributed by atoms with Gasteiger partial charge in [0, 0.05) is 12.1 Å². The summed E-state index contributed by atoms with van der Waals surface area (Å²) in [6.45, 7) is 0. The van der Waals surface area contributed by atoms with E-state index in [9.17, 15) is 25.3 Å². The number of nitrogens with zero attached hydrogens (tertiary/aromatic N) is 2. The number of nitrogens with one attached hydrogen (secondary N) is 1. The molecule has 2 rings (SSSR count). The molecule has 0 aliphatic rings. The summed E-state index contributed by atoms with van der Waals surface area (Å²) in [6, 6.07) is 8.10. The Morgan fingerprint density at radius 1 is 1.00 bits per heavy atom. The summed E-state index contributed by atoms with van der Waals surface area (Å²) in [7, 11) is 0. The first-order chi connectivity index (χ1) is 9.91. The molecule has 2 N–H and O–H groups in total. The summed E-state index contributed by atoms with van der Waals surface area (Å²) in [4.78, 5) is 20.6. The minimum atomic E-state index is -0.732. The van der Waals surface area contributed by atoms with E-state index in [1.54, 1.807) is 12.1 Å². The third-order valence-electron chi connectivity index (χ3n) is 2.66. The minimum absolute atomic E-state index is 0.113. The fraction of sp³-hybridized carbons (Fsp3) is 0. The van der Waals surface area contributed by atoms with Gasteiger partial charge in [-0.2, -0.15) is 0 Å². The van der Waals surface area contributed by atoms with E-state index >= 15 is 0 Å². The van der Waals surface area contributed by atoms with Gasteiger partial charge in [0.15, 0.2) is 11.4 Å². The van der Waals surface area contributed by atoms with Gasteiger partial charge in [0.1, 0.15) is 0 Å². The maximum absolute atomic E-state index is 11.0. The number of halogens is 1. The summed E-state index contributed by atoms with van der Waals surface area (Å²) >= 11 is 3.10. The molecule has 21 heavy (non-hydrogen) atoms. The first kappa shape index (κ1) is 14.7. The molecule has 0 bridgehead atoms. The normalized spacial score (nSPS) is 10.1. The van der Waals surface area contributed by atoms with Gasteiger partial charge in [0.05, 0.1) is 20.0 Å². The van der Waals surface area contributed by atoms with Crippen molar-refractivity contribution < 1.29 is 15.0 Å². The molecule has 0 aromatic heterocycles. The van der Waals surface area contributed by atoms with Gasteiger partial charge in [-0.05, 0) is 34.1 Å². The molecule has 0 radical (unpaired) electrons. The van der Waals surface area contributed by atoms with Crippen LogP contribution in [-0.4, -0.2) is 15.0 Å². The lowest BCUT2D eigenvalue weighted by molar-refractivity contribution is -0.392. The van der Waals surface area contributed by atoms with Crippen molar-refractivity contribution in [2.24, 2.45) is 0 Å². The molecule has 0 spiro atoms. The van der Waals surface area contributed by atoms with E-state index in [-0.39, 0.29) is 17.1 Å². The highest BCUT2D eigenvalue weighted by molar-refractivity contribution is 9.10. The van der Waals surface area contributed by atoms with E-state index in [2.05, 4.69) is 21.2 Å². The highest BCUT2D eigenvalue weighted by Gasteiger charge is 2.25. The Balaban J connectivity index is 2.59. The van der Waals surface area contributed by atoms with Crippen molar-refractivity contribution >= 4 is 38.7 Å². The number of hydrogen-bond acceptors (Lipinski definition) is 6. The predicted molar refractivity (Wildman–Crippen MR) is 78.8 cm³/mol. The van der Waals surface area contributed by atoms with Gasteiger partial charge in [-0.3, -0.25) is 20.2 Å². The second-order valence-corrected chi connectivity index (χ2v) is 4.80. The number of phenolic OH excluding ortho intramolecular Hbond substituents is 1. The Hall–Kier alpha value is -2.68. The van der Waals surface area contributed by atoms with Gasteiger partial charge in [-0.25, -0.2) is 0 Å². The van der Waals surface area contributed by atoms with Gasteiger partial charge in [-0.15, -0.1) is 0 Å². The van der Waals surface area contributed by atoms with Crippen molar-refractivity contribution in [3.05, 3.63) is 61.1 Å². The van der Waals surface area contributed by atoms with Crippen molar-refractivity contribution in [1.29, 1.82) is 0 Å². The largest absolute Gasteiger partial charge is 0.505 e. The van der Waals surface area contributed by atoms with Crippen molar-refractivity contribution in [1.82, 2.24) is 0 Å². The van der Waals surface area contributed by atoms with Crippen LogP contribution in [0, 0.1) is 20.2 Å². The van der Waals surface area contributed by atoms with Gasteiger partial charge in [-0.1, -0.05) is 6.07 Å². The van der Waals surface area contributed by atoms with Crippen LogP contribution in [0.3, 0.4) is 0 Å². The van der Waals surface area contributed by atoms with Crippen LogP contribution in [0.5, 0.6) is 5.75 Å². The van der Waals surface area contributed by atoms with Crippen LogP contribution < -0.4 is 5.32 Å². The number of benzene rings is 2. The zero-order chi connectivity index (χ0) is 15.6. The smallest absolute Gasteiger partial charge is 0.299 e. The van der Waals surface area contributed by atoms with Crippen LogP contribution in [0.25, 0.3) is 0 Å². The zero-order valence-electron chi connectivity index (χ0n) is 10.3. The van der Waals surface area contributed by atoms with E-state index < -0.39 is 21.2 Å². The molecular formula is C12H8BrN3O5. The predicted octanol–water partition coefficient (Wildman–Crippen LogP) is 3.71.